The summed E-state index contributed by atoms with van der Waals surface area (Å²) < 4.78 is 5.24. The van der Waals surface area contributed by atoms with Gasteiger partial charge in [-0.05, 0) is 42.4 Å². The van der Waals surface area contributed by atoms with E-state index in [0.717, 1.165) is 19.6 Å². The third-order valence-electron chi connectivity index (χ3n) is 5.64. The zero-order valence-corrected chi connectivity index (χ0v) is 17.9. The summed E-state index contributed by atoms with van der Waals surface area (Å²) in [5, 5.41) is 0.476. The van der Waals surface area contributed by atoms with Crippen molar-refractivity contribution in [1.29, 1.82) is 0 Å². The average Bonchev–Trinajstić information content (AvgIpc) is 3.04. The van der Waals surface area contributed by atoms with Gasteiger partial charge in [0.2, 0.25) is 0 Å². The first kappa shape index (κ1) is 20.4. The van der Waals surface area contributed by atoms with E-state index < -0.39 is 0 Å². The molecule has 2 aromatic carbocycles. The van der Waals surface area contributed by atoms with Crippen LogP contribution in [0.5, 0.6) is 5.75 Å². The van der Waals surface area contributed by atoms with Gasteiger partial charge in [-0.25, -0.2) is 4.90 Å². The largest absolute Gasteiger partial charge is 0.497 e. The maximum atomic E-state index is 13.5. The number of benzene rings is 2. The molecule has 156 valence electrons. The fourth-order valence-electron chi connectivity index (χ4n) is 3.97. The molecule has 2 heterocycles. The number of carbonyl (C=O) groups excluding carboxylic acids is 2. The minimum absolute atomic E-state index is 0.307. The summed E-state index contributed by atoms with van der Waals surface area (Å²) in [6.07, 6.45) is 0. The number of methoxy groups -OCH3 is 1. The summed E-state index contributed by atoms with van der Waals surface area (Å²) in [4.78, 5) is 32.6. The lowest BCUT2D eigenvalue weighted by Crippen LogP contribution is -2.47. The zero-order valence-electron chi connectivity index (χ0n) is 17.1. The molecular weight excluding hydrogens is 402 g/mol. The van der Waals surface area contributed by atoms with Gasteiger partial charge in [0.05, 0.1) is 18.4 Å². The smallest absolute Gasteiger partial charge is 0.282 e. The number of imide groups is 1. The van der Waals surface area contributed by atoms with Crippen molar-refractivity contribution in [3.05, 3.63) is 64.8 Å². The second kappa shape index (κ2) is 8.50. The fraction of sp³-hybridized carbons (Fsp3) is 0.304. The first-order valence-electron chi connectivity index (χ1n) is 10.0. The second-order valence-corrected chi connectivity index (χ2v) is 7.74. The van der Waals surface area contributed by atoms with Crippen molar-refractivity contribution in [1.82, 2.24) is 9.80 Å². The second-order valence-electron chi connectivity index (χ2n) is 7.30. The number of hydrogen-bond donors (Lipinski definition) is 0. The number of nitrogens with zero attached hydrogens (tertiary/aromatic N) is 3. The molecule has 0 aliphatic carbocycles. The number of halogens is 1. The number of ether oxygens (including phenoxy) is 1. The maximum Gasteiger partial charge on any atom is 0.282 e. The van der Waals surface area contributed by atoms with Gasteiger partial charge in [0.25, 0.3) is 11.8 Å². The standard InChI is InChI=1S/C23H24ClN3O3/c1-3-25-11-13-26(14-12-25)21-20(16-7-9-19(30-2)10-8-16)22(28)27(23(21)29)18-6-4-5-17(24)15-18/h4-10,15H,3,11-14H2,1-2H3. The lowest BCUT2D eigenvalue weighted by molar-refractivity contribution is -0.120. The molecule has 4 rings (SSSR count). The van der Waals surface area contributed by atoms with Crippen molar-refractivity contribution in [3.63, 3.8) is 0 Å². The molecule has 6 nitrogen and oxygen atoms in total. The van der Waals surface area contributed by atoms with Crippen molar-refractivity contribution in [2.45, 2.75) is 6.92 Å². The lowest BCUT2D eigenvalue weighted by atomic mass is 10.0. The van der Waals surface area contributed by atoms with Crippen molar-refractivity contribution in [2.24, 2.45) is 0 Å². The van der Waals surface area contributed by atoms with Crippen molar-refractivity contribution in [2.75, 3.05) is 44.7 Å². The van der Waals surface area contributed by atoms with E-state index in [4.69, 9.17) is 16.3 Å². The highest BCUT2D eigenvalue weighted by Gasteiger charge is 2.43. The number of anilines is 1. The third-order valence-corrected chi connectivity index (χ3v) is 5.88. The Kier molecular flexibility index (Phi) is 5.79. The van der Waals surface area contributed by atoms with Crippen LogP contribution in [-0.4, -0.2) is 61.4 Å². The van der Waals surface area contributed by atoms with Gasteiger partial charge in [-0.15, -0.1) is 0 Å². The van der Waals surface area contributed by atoms with E-state index in [9.17, 15) is 9.59 Å². The summed E-state index contributed by atoms with van der Waals surface area (Å²) in [5.41, 5.74) is 2.06. The first-order valence-corrected chi connectivity index (χ1v) is 10.4. The Balaban J connectivity index is 1.77. The van der Waals surface area contributed by atoms with Crippen LogP contribution in [0.25, 0.3) is 5.57 Å². The van der Waals surface area contributed by atoms with Crippen LogP contribution in [-0.2, 0) is 9.59 Å². The van der Waals surface area contributed by atoms with Gasteiger partial charge in [0.15, 0.2) is 0 Å². The van der Waals surface area contributed by atoms with Crippen LogP contribution in [0, 0.1) is 0 Å². The molecular formula is C23H24ClN3O3. The summed E-state index contributed by atoms with van der Waals surface area (Å²) >= 11 is 6.13. The normalized spacial score (nSPS) is 17.8. The Morgan fingerprint density at radius 1 is 0.967 bits per heavy atom. The monoisotopic (exact) mass is 425 g/mol. The van der Waals surface area contributed by atoms with E-state index in [1.165, 1.54) is 4.90 Å². The molecule has 0 aromatic heterocycles. The van der Waals surface area contributed by atoms with E-state index in [2.05, 4.69) is 11.8 Å². The molecule has 30 heavy (non-hydrogen) atoms. The summed E-state index contributed by atoms with van der Waals surface area (Å²) in [7, 11) is 1.60. The van der Waals surface area contributed by atoms with Gasteiger partial charge in [-0.3, -0.25) is 9.59 Å². The SMILES string of the molecule is CCN1CCN(C2=C(c3ccc(OC)cc3)C(=O)N(c3cccc(Cl)c3)C2=O)CC1. The predicted octanol–water partition coefficient (Wildman–Crippen LogP) is 3.27. The Labute approximate surface area is 181 Å². The Bertz CT molecular complexity index is 995. The molecule has 0 N–H and O–H groups in total. The van der Waals surface area contributed by atoms with E-state index in [-0.39, 0.29) is 11.8 Å². The minimum atomic E-state index is -0.333. The van der Waals surface area contributed by atoms with Gasteiger partial charge < -0.3 is 14.5 Å². The molecule has 2 aliphatic rings. The zero-order chi connectivity index (χ0) is 21.3. The molecule has 1 fully saturated rings. The van der Waals surface area contributed by atoms with Crippen molar-refractivity contribution >= 4 is 34.7 Å². The highest BCUT2D eigenvalue weighted by molar-refractivity contribution is 6.45. The third kappa shape index (κ3) is 3.68. The van der Waals surface area contributed by atoms with Crippen LogP contribution in [0.4, 0.5) is 5.69 Å². The van der Waals surface area contributed by atoms with Gasteiger partial charge in [-0.2, -0.15) is 0 Å². The Morgan fingerprint density at radius 3 is 2.27 bits per heavy atom. The molecule has 1 saturated heterocycles. The van der Waals surface area contributed by atoms with Crippen molar-refractivity contribution in [3.8, 4) is 5.75 Å². The quantitative estimate of drug-likeness (QED) is 0.688. The maximum absolute atomic E-state index is 13.5. The molecule has 0 radical (unpaired) electrons. The molecule has 0 spiro atoms. The number of piperazine rings is 1. The highest BCUT2D eigenvalue weighted by atomic mass is 35.5. The molecule has 0 bridgehead atoms. The van der Waals surface area contributed by atoms with Crippen LogP contribution >= 0.6 is 11.6 Å². The van der Waals surface area contributed by atoms with Crippen LogP contribution in [0.3, 0.4) is 0 Å². The van der Waals surface area contributed by atoms with Crippen LogP contribution in [0.1, 0.15) is 12.5 Å². The number of hydrogen-bond acceptors (Lipinski definition) is 5. The van der Waals surface area contributed by atoms with E-state index in [0.29, 0.717) is 46.4 Å². The lowest BCUT2D eigenvalue weighted by Gasteiger charge is -2.36. The molecule has 2 amide bonds. The molecule has 0 unspecified atom stereocenters. The predicted molar refractivity (Wildman–Crippen MR) is 118 cm³/mol. The fourth-order valence-corrected chi connectivity index (χ4v) is 4.15. The summed E-state index contributed by atoms with van der Waals surface area (Å²) in [6.45, 7) is 6.21. The van der Waals surface area contributed by atoms with Gasteiger partial charge >= 0.3 is 0 Å². The topological polar surface area (TPSA) is 53.1 Å². The molecule has 0 saturated carbocycles. The summed E-state index contributed by atoms with van der Waals surface area (Å²) in [6, 6.07) is 14.1. The van der Waals surface area contributed by atoms with Gasteiger partial charge in [0.1, 0.15) is 11.4 Å². The minimum Gasteiger partial charge on any atom is -0.497 e. The van der Waals surface area contributed by atoms with Gasteiger partial charge in [0, 0.05) is 31.2 Å². The summed E-state index contributed by atoms with van der Waals surface area (Å²) in [5.74, 6) is 0.0549. The van der Waals surface area contributed by atoms with Gasteiger partial charge in [-0.1, -0.05) is 36.7 Å². The molecule has 2 aromatic rings. The number of likely N-dealkylation sites (N-methyl/N-ethyl adjacent to an activating group) is 1. The van der Waals surface area contributed by atoms with Crippen LogP contribution in [0.2, 0.25) is 5.02 Å². The average molecular weight is 426 g/mol. The van der Waals surface area contributed by atoms with E-state index in [1.807, 2.05) is 17.0 Å². The van der Waals surface area contributed by atoms with Crippen LogP contribution in [0.15, 0.2) is 54.2 Å². The number of carbonyl (C=O) groups is 2. The molecule has 7 heteroatoms. The van der Waals surface area contributed by atoms with Crippen molar-refractivity contribution < 1.29 is 14.3 Å². The first-order chi connectivity index (χ1) is 14.5. The Hall–Kier alpha value is -2.83. The Morgan fingerprint density at radius 2 is 1.67 bits per heavy atom. The number of rotatable bonds is 5. The molecule has 2 aliphatic heterocycles. The van der Waals surface area contributed by atoms with Crippen LogP contribution < -0.4 is 9.64 Å². The van der Waals surface area contributed by atoms with E-state index in [1.54, 1.807) is 43.5 Å². The highest BCUT2D eigenvalue weighted by Crippen LogP contribution is 2.36. The number of amides is 2. The molecule has 0 atom stereocenters. The van der Waals surface area contributed by atoms with E-state index >= 15 is 0 Å².